The maximum Gasteiger partial charge on any atom is 0.175 e. The molecule has 0 N–H and O–H groups in total. The summed E-state index contributed by atoms with van der Waals surface area (Å²) in [4.78, 5) is 10.4. The van der Waals surface area contributed by atoms with Gasteiger partial charge in [0.2, 0.25) is 0 Å². The summed E-state index contributed by atoms with van der Waals surface area (Å²) >= 11 is 0. The van der Waals surface area contributed by atoms with Crippen LogP contribution in [0.2, 0.25) is 0 Å². The zero-order valence-electron chi connectivity index (χ0n) is 22.6. The summed E-state index contributed by atoms with van der Waals surface area (Å²) < 4.78 is 41.4. The fourth-order valence-electron chi connectivity index (χ4n) is 6.86. The van der Waals surface area contributed by atoms with Gasteiger partial charge in [0.15, 0.2) is 15.7 Å². The van der Waals surface area contributed by atoms with E-state index in [2.05, 4.69) is 9.80 Å². The summed E-state index contributed by atoms with van der Waals surface area (Å²) in [5.41, 5.74) is 2.72. The van der Waals surface area contributed by atoms with Crippen molar-refractivity contribution in [2.45, 2.75) is 74.3 Å². The zero-order chi connectivity index (χ0) is 26.4. The summed E-state index contributed by atoms with van der Waals surface area (Å²) in [6.07, 6.45) is 11.2. The molecule has 6 nitrogen and oxygen atoms in total. The van der Waals surface area contributed by atoms with E-state index >= 15 is 4.39 Å². The van der Waals surface area contributed by atoms with E-state index in [9.17, 15) is 8.42 Å². The van der Waals surface area contributed by atoms with Crippen molar-refractivity contribution in [3.05, 3.63) is 47.8 Å². The lowest BCUT2D eigenvalue weighted by Gasteiger charge is -2.39. The molecule has 1 aromatic heterocycles. The second-order valence-electron chi connectivity index (χ2n) is 11.6. The van der Waals surface area contributed by atoms with Gasteiger partial charge in [0, 0.05) is 31.0 Å². The Hall–Kier alpha value is -2.29. The molecule has 38 heavy (non-hydrogen) atoms. The van der Waals surface area contributed by atoms with E-state index in [1.54, 1.807) is 28.8 Å². The van der Waals surface area contributed by atoms with Crippen LogP contribution in [0.4, 0.5) is 4.39 Å². The predicted molar refractivity (Wildman–Crippen MR) is 150 cm³/mol. The number of hydrogen-bond donors (Lipinski definition) is 0. The van der Waals surface area contributed by atoms with E-state index in [1.165, 1.54) is 57.9 Å². The third kappa shape index (κ3) is 4.91. The van der Waals surface area contributed by atoms with Gasteiger partial charge in [-0.25, -0.2) is 17.8 Å². The van der Waals surface area contributed by atoms with Crippen LogP contribution in [0, 0.1) is 5.82 Å². The molecule has 1 atom stereocenters. The first-order valence-corrected chi connectivity index (χ1v) is 16.1. The van der Waals surface area contributed by atoms with Gasteiger partial charge in [-0.15, -0.1) is 0 Å². The fourth-order valence-corrected chi connectivity index (χ4v) is 7.49. The Kier molecular flexibility index (Phi) is 7.08. The molecule has 3 fully saturated rings. The lowest BCUT2D eigenvalue weighted by Crippen LogP contribution is -2.43. The summed E-state index contributed by atoms with van der Waals surface area (Å²) in [7, 11) is -1.44. The molecule has 8 heteroatoms. The van der Waals surface area contributed by atoms with E-state index in [0.717, 1.165) is 43.1 Å². The van der Waals surface area contributed by atoms with E-state index in [-0.39, 0.29) is 16.6 Å². The number of fused-ring (bicyclic) bond motifs is 1. The highest BCUT2D eigenvalue weighted by molar-refractivity contribution is 7.90. The largest absolute Gasteiger partial charge is 0.325 e. The number of halogens is 1. The van der Waals surface area contributed by atoms with E-state index in [4.69, 9.17) is 4.98 Å². The van der Waals surface area contributed by atoms with E-state index in [0.29, 0.717) is 22.9 Å². The van der Waals surface area contributed by atoms with Crippen molar-refractivity contribution in [3.63, 3.8) is 0 Å². The van der Waals surface area contributed by atoms with Crippen LogP contribution in [0.3, 0.4) is 0 Å². The number of likely N-dealkylation sites (tertiary alicyclic amines) is 2. The highest BCUT2D eigenvalue weighted by atomic mass is 32.2. The molecule has 3 heterocycles. The number of rotatable bonds is 5. The molecule has 3 aliphatic rings. The predicted octanol–water partition coefficient (Wildman–Crippen LogP) is 5.37. The van der Waals surface area contributed by atoms with Crippen LogP contribution < -0.4 is 0 Å². The lowest BCUT2D eigenvalue weighted by atomic mass is 9.87. The zero-order valence-corrected chi connectivity index (χ0v) is 23.4. The standard InChI is InChI=1S/C30H39FN4O2S/c1-33-29-27(32-30(33)22-8-10-25(11-9-22)38(2,36)37)13-12-26(28(29)31)21-14-18-35(19-15-21)24-7-4-17-34(20-16-24)23-5-3-6-23/h8-13,21,23-24H,3-7,14-20H2,1-2H3. The molecule has 2 aliphatic heterocycles. The van der Waals surface area contributed by atoms with Gasteiger partial charge in [0.1, 0.15) is 11.3 Å². The Morgan fingerprint density at radius 2 is 1.45 bits per heavy atom. The molecule has 2 aromatic carbocycles. The third-order valence-corrected chi connectivity index (χ3v) is 10.5. The first-order valence-electron chi connectivity index (χ1n) is 14.2. The average Bonchev–Trinajstić information content (AvgIpc) is 3.04. The van der Waals surface area contributed by atoms with Crippen molar-refractivity contribution < 1.29 is 12.8 Å². The van der Waals surface area contributed by atoms with Gasteiger partial charge in [-0.1, -0.05) is 12.5 Å². The van der Waals surface area contributed by atoms with Gasteiger partial charge >= 0.3 is 0 Å². The first kappa shape index (κ1) is 26.0. The summed E-state index contributed by atoms with van der Waals surface area (Å²) in [6, 6.07) is 12.0. The molecular weight excluding hydrogens is 499 g/mol. The van der Waals surface area contributed by atoms with Crippen LogP contribution in [0.15, 0.2) is 41.3 Å². The number of nitrogens with zero attached hydrogens (tertiary/aromatic N) is 4. The number of aromatic nitrogens is 2. The number of aryl methyl sites for hydroxylation is 1. The molecule has 1 aliphatic carbocycles. The van der Waals surface area contributed by atoms with Gasteiger partial charge in [-0.3, -0.25) is 0 Å². The molecule has 0 amide bonds. The van der Waals surface area contributed by atoms with Crippen LogP contribution in [0.5, 0.6) is 0 Å². The average molecular weight is 539 g/mol. The summed E-state index contributed by atoms with van der Waals surface area (Å²) in [5.74, 6) is 0.691. The highest BCUT2D eigenvalue weighted by Crippen LogP contribution is 2.36. The second kappa shape index (κ2) is 10.4. The van der Waals surface area contributed by atoms with Crippen LogP contribution in [-0.4, -0.2) is 72.3 Å². The lowest BCUT2D eigenvalue weighted by molar-refractivity contribution is 0.116. The van der Waals surface area contributed by atoms with Crippen LogP contribution >= 0.6 is 0 Å². The van der Waals surface area contributed by atoms with Gasteiger partial charge in [-0.05, 0) is 113 Å². The molecule has 6 rings (SSSR count). The molecule has 0 spiro atoms. The Labute approximate surface area is 225 Å². The second-order valence-corrected chi connectivity index (χ2v) is 13.7. The van der Waals surface area contributed by atoms with Crippen molar-refractivity contribution >= 4 is 20.9 Å². The van der Waals surface area contributed by atoms with Gasteiger partial charge in [-0.2, -0.15) is 0 Å². The summed E-state index contributed by atoms with van der Waals surface area (Å²) in [6.45, 7) is 4.58. The molecular formula is C30H39FN4O2S. The van der Waals surface area contributed by atoms with Crippen molar-refractivity contribution in [1.29, 1.82) is 0 Å². The Bertz CT molecular complexity index is 1410. The van der Waals surface area contributed by atoms with Crippen LogP contribution in [-0.2, 0) is 16.9 Å². The maximum atomic E-state index is 16.0. The van der Waals surface area contributed by atoms with Gasteiger partial charge in [0.05, 0.1) is 10.4 Å². The van der Waals surface area contributed by atoms with Crippen molar-refractivity contribution in [1.82, 2.24) is 19.4 Å². The Morgan fingerprint density at radius 3 is 2.11 bits per heavy atom. The van der Waals surface area contributed by atoms with E-state index in [1.807, 2.05) is 19.2 Å². The molecule has 0 bridgehead atoms. The van der Waals surface area contributed by atoms with Gasteiger partial charge in [0.25, 0.3) is 0 Å². The molecule has 204 valence electrons. The third-order valence-electron chi connectivity index (χ3n) is 9.35. The van der Waals surface area contributed by atoms with Gasteiger partial charge < -0.3 is 14.4 Å². The minimum absolute atomic E-state index is 0.166. The normalized spacial score (nSPS) is 23.0. The SMILES string of the molecule is Cn1c(-c2ccc(S(C)(=O)=O)cc2)nc2ccc(C3CCN(C4CCCN(C5CCC5)CC4)CC3)c(F)c21. The molecule has 3 aromatic rings. The Balaban J connectivity index is 1.16. The first-order chi connectivity index (χ1) is 18.3. The number of imidazole rings is 1. The number of piperidine rings is 1. The number of sulfone groups is 1. The quantitative estimate of drug-likeness (QED) is 0.437. The molecule has 1 saturated carbocycles. The van der Waals surface area contributed by atoms with Crippen molar-refractivity contribution in [3.8, 4) is 11.4 Å². The van der Waals surface area contributed by atoms with Crippen LogP contribution in [0.1, 0.15) is 62.8 Å². The number of hydrogen-bond acceptors (Lipinski definition) is 5. The molecule has 0 radical (unpaired) electrons. The Morgan fingerprint density at radius 1 is 0.816 bits per heavy atom. The fraction of sp³-hybridized carbons (Fsp3) is 0.567. The van der Waals surface area contributed by atoms with Crippen LogP contribution in [0.25, 0.3) is 22.4 Å². The highest BCUT2D eigenvalue weighted by Gasteiger charge is 2.32. The topological polar surface area (TPSA) is 58.4 Å². The summed E-state index contributed by atoms with van der Waals surface area (Å²) in [5, 5.41) is 0. The van der Waals surface area contributed by atoms with E-state index < -0.39 is 9.84 Å². The monoisotopic (exact) mass is 538 g/mol. The smallest absolute Gasteiger partial charge is 0.175 e. The minimum Gasteiger partial charge on any atom is -0.325 e. The van der Waals surface area contributed by atoms with Crippen molar-refractivity contribution in [2.75, 3.05) is 32.4 Å². The maximum absolute atomic E-state index is 16.0. The van der Waals surface area contributed by atoms with Crippen molar-refractivity contribution in [2.24, 2.45) is 7.05 Å². The number of benzene rings is 2. The molecule has 2 saturated heterocycles. The minimum atomic E-state index is -3.27. The molecule has 1 unspecified atom stereocenters.